The van der Waals surface area contributed by atoms with Crippen LogP contribution < -0.4 is 5.32 Å². The summed E-state index contributed by atoms with van der Waals surface area (Å²) in [7, 11) is 0. The number of nitrogens with one attached hydrogen (secondary N) is 1. The Hall–Kier alpha value is -0.0800. The van der Waals surface area contributed by atoms with Crippen LogP contribution in [-0.2, 0) is 0 Å². The highest BCUT2D eigenvalue weighted by Crippen LogP contribution is 2.34. The van der Waals surface area contributed by atoms with Crippen LogP contribution >= 0.6 is 0 Å². The Morgan fingerprint density at radius 1 is 1.05 bits per heavy atom. The van der Waals surface area contributed by atoms with Gasteiger partial charge in [0.15, 0.2) is 0 Å². The van der Waals surface area contributed by atoms with Crippen molar-refractivity contribution in [3.05, 3.63) is 0 Å². The average Bonchev–Trinajstić information content (AvgIpc) is 2.33. The van der Waals surface area contributed by atoms with E-state index in [9.17, 15) is 0 Å². The number of hydrogen-bond acceptors (Lipinski definition) is 2. The second-order valence-electron chi connectivity index (χ2n) is 7.98. The van der Waals surface area contributed by atoms with Crippen molar-refractivity contribution in [2.75, 3.05) is 19.6 Å². The average molecular weight is 278 g/mol. The molecule has 0 spiro atoms. The molecule has 3 fully saturated rings. The van der Waals surface area contributed by atoms with Crippen LogP contribution in [0.25, 0.3) is 0 Å². The maximum atomic E-state index is 3.91. The molecule has 2 atom stereocenters. The van der Waals surface area contributed by atoms with Crippen molar-refractivity contribution in [3.8, 4) is 0 Å². The minimum atomic E-state index is 0.775. The van der Waals surface area contributed by atoms with Crippen molar-refractivity contribution in [1.82, 2.24) is 10.2 Å². The third kappa shape index (κ3) is 3.57. The van der Waals surface area contributed by atoms with Gasteiger partial charge in [0.1, 0.15) is 0 Å². The number of rotatable bonds is 6. The molecule has 0 bridgehead atoms. The molecular formula is C18H34N2. The van der Waals surface area contributed by atoms with Gasteiger partial charge in [0.25, 0.3) is 0 Å². The van der Waals surface area contributed by atoms with Crippen molar-refractivity contribution < 1.29 is 0 Å². The Morgan fingerprint density at radius 2 is 1.85 bits per heavy atom. The zero-order chi connectivity index (χ0) is 13.9. The molecule has 3 aliphatic rings. The molecule has 0 aromatic carbocycles. The smallest absolute Gasteiger partial charge is 0.0198 e. The third-order valence-electron chi connectivity index (χ3n) is 6.05. The van der Waals surface area contributed by atoms with Gasteiger partial charge in [0, 0.05) is 25.2 Å². The molecule has 1 heterocycles. The molecule has 0 aromatic rings. The van der Waals surface area contributed by atoms with Gasteiger partial charge in [0.2, 0.25) is 0 Å². The molecule has 1 aliphatic heterocycles. The predicted molar refractivity (Wildman–Crippen MR) is 85.9 cm³/mol. The van der Waals surface area contributed by atoms with Crippen LogP contribution in [0.1, 0.15) is 65.2 Å². The van der Waals surface area contributed by atoms with Crippen molar-refractivity contribution >= 4 is 0 Å². The van der Waals surface area contributed by atoms with E-state index in [1.165, 1.54) is 71.0 Å². The maximum absolute atomic E-state index is 3.91. The normalized spacial score (nSPS) is 39.3. The van der Waals surface area contributed by atoms with Gasteiger partial charge in [0.05, 0.1) is 0 Å². The summed E-state index contributed by atoms with van der Waals surface area (Å²) in [5.74, 6) is 2.93. The summed E-state index contributed by atoms with van der Waals surface area (Å²) < 4.78 is 0. The molecule has 2 aliphatic carbocycles. The predicted octanol–water partition coefficient (Wildman–Crippen LogP) is 3.67. The summed E-state index contributed by atoms with van der Waals surface area (Å²) in [4.78, 5) is 2.84. The first-order valence-corrected chi connectivity index (χ1v) is 9.22. The lowest BCUT2D eigenvalue weighted by atomic mass is 9.78. The molecule has 20 heavy (non-hydrogen) atoms. The molecule has 0 aromatic heterocycles. The van der Waals surface area contributed by atoms with Crippen molar-refractivity contribution in [2.45, 2.75) is 77.3 Å². The molecule has 116 valence electrons. The van der Waals surface area contributed by atoms with Crippen LogP contribution in [0.3, 0.4) is 0 Å². The summed E-state index contributed by atoms with van der Waals surface area (Å²) in [6, 6.07) is 1.69. The lowest BCUT2D eigenvalue weighted by Gasteiger charge is -2.48. The van der Waals surface area contributed by atoms with Crippen LogP contribution in [0, 0.1) is 17.8 Å². The Labute approximate surface area is 125 Å². The third-order valence-corrected chi connectivity index (χ3v) is 6.05. The Balaban J connectivity index is 1.49. The van der Waals surface area contributed by atoms with Crippen LogP contribution in [0.4, 0.5) is 0 Å². The standard InChI is InChI=1S/C18H34N2/c1-3-5-16-10-17(19-11-15-6-4-7-15)13-20(12-16)18-8-14(2)9-18/h14-19H,3-13H2,1-2H3. The molecule has 2 nitrogen and oxygen atoms in total. The Kier molecular flexibility index (Phi) is 5.04. The number of piperidine rings is 1. The Bertz CT molecular complexity index is 294. The van der Waals surface area contributed by atoms with Gasteiger partial charge in [-0.2, -0.15) is 0 Å². The van der Waals surface area contributed by atoms with Gasteiger partial charge in [-0.15, -0.1) is 0 Å². The second kappa shape index (κ2) is 6.79. The van der Waals surface area contributed by atoms with E-state index in [1.54, 1.807) is 0 Å². The molecule has 2 heteroatoms. The van der Waals surface area contributed by atoms with E-state index in [-0.39, 0.29) is 0 Å². The summed E-state index contributed by atoms with van der Waals surface area (Å²) >= 11 is 0. The van der Waals surface area contributed by atoms with Gasteiger partial charge in [-0.05, 0) is 62.8 Å². The zero-order valence-electron chi connectivity index (χ0n) is 13.6. The van der Waals surface area contributed by atoms with Gasteiger partial charge in [-0.1, -0.05) is 26.7 Å². The molecule has 2 unspecified atom stereocenters. The van der Waals surface area contributed by atoms with Crippen molar-refractivity contribution in [2.24, 2.45) is 17.8 Å². The molecule has 3 rings (SSSR count). The largest absolute Gasteiger partial charge is 0.312 e. The summed E-state index contributed by atoms with van der Waals surface area (Å²) in [5.41, 5.74) is 0. The number of likely N-dealkylation sites (tertiary alicyclic amines) is 1. The highest BCUT2D eigenvalue weighted by molar-refractivity contribution is 4.92. The fourth-order valence-electron chi connectivity index (χ4n) is 4.49. The molecule has 1 saturated heterocycles. The van der Waals surface area contributed by atoms with Crippen LogP contribution in [-0.4, -0.2) is 36.6 Å². The maximum Gasteiger partial charge on any atom is 0.0198 e. The fraction of sp³-hybridized carbons (Fsp3) is 1.00. The van der Waals surface area contributed by atoms with Gasteiger partial charge in [-0.25, -0.2) is 0 Å². The molecule has 0 amide bonds. The monoisotopic (exact) mass is 278 g/mol. The first kappa shape index (κ1) is 14.8. The number of hydrogen-bond donors (Lipinski definition) is 1. The van der Waals surface area contributed by atoms with E-state index in [1.807, 2.05) is 0 Å². The summed E-state index contributed by atoms with van der Waals surface area (Å²) in [6.07, 6.45) is 11.5. The highest BCUT2D eigenvalue weighted by atomic mass is 15.2. The molecule has 1 N–H and O–H groups in total. The molecule has 2 saturated carbocycles. The van der Waals surface area contributed by atoms with E-state index in [0.29, 0.717) is 0 Å². The molecule has 0 radical (unpaired) electrons. The summed E-state index contributed by atoms with van der Waals surface area (Å²) in [5, 5.41) is 3.91. The fourth-order valence-corrected chi connectivity index (χ4v) is 4.49. The zero-order valence-corrected chi connectivity index (χ0v) is 13.6. The lowest BCUT2D eigenvalue weighted by molar-refractivity contribution is 0.0304. The van der Waals surface area contributed by atoms with Gasteiger partial charge < -0.3 is 5.32 Å². The molecular weight excluding hydrogens is 244 g/mol. The van der Waals surface area contributed by atoms with Gasteiger partial charge in [-0.3, -0.25) is 4.90 Å². The minimum Gasteiger partial charge on any atom is -0.312 e. The van der Waals surface area contributed by atoms with Crippen LogP contribution in [0.2, 0.25) is 0 Å². The first-order chi connectivity index (χ1) is 9.74. The number of nitrogens with zero attached hydrogens (tertiary/aromatic N) is 1. The van der Waals surface area contributed by atoms with Gasteiger partial charge >= 0.3 is 0 Å². The lowest BCUT2D eigenvalue weighted by Crippen LogP contribution is -2.56. The van der Waals surface area contributed by atoms with E-state index in [4.69, 9.17) is 0 Å². The van der Waals surface area contributed by atoms with Crippen molar-refractivity contribution in [1.29, 1.82) is 0 Å². The van der Waals surface area contributed by atoms with E-state index in [2.05, 4.69) is 24.1 Å². The van der Waals surface area contributed by atoms with E-state index < -0.39 is 0 Å². The van der Waals surface area contributed by atoms with Crippen LogP contribution in [0.5, 0.6) is 0 Å². The highest BCUT2D eigenvalue weighted by Gasteiger charge is 2.36. The first-order valence-electron chi connectivity index (χ1n) is 9.22. The van der Waals surface area contributed by atoms with Crippen molar-refractivity contribution in [3.63, 3.8) is 0 Å². The van der Waals surface area contributed by atoms with E-state index in [0.717, 1.165) is 29.8 Å². The second-order valence-corrected chi connectivity index (χ2v) is 7.98. The SMILES string of the molecule is CCCC1CC(NCC2CCC2)CN(C2CC(C)C2)C1. The Morgan fingerprint density at radius 3 is 2.45 bits per heavy atom. The summed E-state index contributed by atoms with van der Waals surface area (Å²) in [6.45, 7) is 8.76. The topological polar surface area (TPSA) is 15.3 Å². The quantitative estimate of drug-likeness (QED) is 0.797. The van der Waals surface area contributed by atoms with E-state index >= 15 is 0 Å². The van der Waals surface area contributed by atoms with Crippen LogP contribution in [0.15, 0.2) is 0 Å². The minimum absolute atomic E-state index is 0.775.